The second-order valence-corrected chi connectivity index (χ2v) is 5.10. The molecule has 1 saturated carbocycles. The van der Waals surface area contributed by atoms with Crippen LogP contribution in [0.5, 0.6) is 0 Å². The number of hydrogen-bond acceptors (Lipinski definition) is 3. The number of carbonyl (C=O) groups is 2. The number of nitrogens with one attached hydrogen (secondary N) is 1. The summed E-state index contributed by atoms with van der Waals surface area (Å²) >= 11 is 0. The van der Waals surface area contributed by atoms with E-state index in [0.717, 1.165) is 0 Å². The second-order valence-electron chi connectivity index (χ2n) is 5.10. The average Bonchev–Trinajstić information content (AvgIpc) is 2.74. The second kappa shape index (κ2) is 6.00. The van der Waals surface area contributed by atoms with Gasteiger partial charge in [-0.25, -0.2) is 0 Å². The predicted molar refractivity (Wildman–Crippen MR) is 64.6 cm³/mol. The van der Waals surface area contributed by atoms with Gasteiger partial charge in [-0.3, -0.25) is 9.59 Å². The summed E-state index contributed by atoms with van der Waals surface area (Å²) in [4.78, 5) is 24.6. The molecule has 0 radical (unpaired) electrons. The van der Waals surface area contributed by atoms with Gasteiger partial charge in [0.1, 0.15) is 0 Å². The summed E-state index contributed by atoms with van der Waals surface area (Å²) in [6.45, 7) is 2.65. The summed E-state index contributed by atoms with van der Waals surface area (Å²) in [7, 11) is 3.93. The quantitative estimate of drug-likeness (QED) is 0.739. The van der Waals surface area contributed by atoms with Gasteiger partial charge in [-0.1, -0.05) is 0 Å². The van der Waals surface area contributed by atoms with Crippen LogP contribution in [0.25, 0.3) is 0 Å². The van der Waals surface area contributed by atoms with E-state index in [1.165, 1.54) is 0 Å². The minimum absolute atomic E-state index is 0.00227. The normalized spacial score (nSPS) is 25.9. The Bertz CT molecular complexity index is 291. The van der Waals surface area contributed by atoms with E-state index in [9.17, 15) is 9.59 Å². The number of carboxylic acid groups (broad SMARTS) is 1. The number of aliphatic carboxylic acids is 1. The predicted octanol–water partition coefficient (Wildman–Crippen LogP) is 0.554. The topological polar surface area (TPSA) is 69.6 Å². The Morgan fingerprint density at radius 1 is 1.35 bits per heavy atom. The van der Waals surface area contributed by atoms with E-state index in [4.69, 9.17) is 5.11 Å². The van der Waals surface area contributed by atoms with E-state index < -0.39 is 5.97 Å². The third kappa shape index (κ3) is 4.00. The van der Waals surface area contributed by atoms with Crippen molar-refractivity contribution in [3.63, 3.8) is 0 Å². The summed E-state index contributed by atoms with van der Waals surface area (Å²) in [5, 5.41) is 11.8. The first-order valence-corrected chi connectivity index (χ1v) is 6.08. The molecule has 0 aromatic carbocycles. The van der Waals surface area contributed by atoms with Crippen LogP contribution in [0.4, 0.5) is 0 Å². The third-order valence-electron chi connectivity index (χ3n) is 3.61. The van der Waals surface area contributed by atoms with Crippen LogP contribution < -0.4 is 5.32 Å². The van der Waals surface area contributed by atoms with Gasteiger partial charge in [-0.2, -0.15) is 0 Å². The van der Waals surface area contributed by atoms with Crippen molar-refractivity contribution >= 4 is 11.9 Å². The fourth-order valence-electron chi connectivity index (χ4n) is 2.02. The molecular weight excluding hydrogens is 220 g/mol. The molecule has 3 atom stereocenters. The summed E-state index contributed by atoms with van der Waals surface area (Å²) in [6, 6.07) is 0.288. The Kier molecular flexibility index (Phi) is 4.93. The fraction of sp³-hybridized carbons (Fsp3) is 0.833. The SMILES string of the molecule is CC(CNC(=O)[C@@H]1CC[C@H](C(=O)O)C1)N(C)C. The number of amides is 1. The Hall–Kier alpha value is -1.10. The number of hydrogen-bond donors (Lipinski definition) is 2. The maximum atomic E-state index is 11.8. The van der Waals surface area contributed by atoms with Crippen molar-refractivity contribution < 1.29 is 14.7 Å². The number of carboxylic acids is 1. The Balaban J connectivity index is 2.32. The molecule has 1 rings (SSSR count). The molecule has 0 bridgehead atoms. The maximum Gasteiger partial charge on any atom is 0.306 e. The first-order valence-electron chi connectivity index (χ1n) is 6.08. The highest BCUT2D eigenvalue weighted by atomic mass is 16.4. The molecule has 0 spiro atoms. The lowest BCUT2D eigenvalue weighted by molar-refractivity contribution is -0.141. The molecule has 0 aromatic rings. The molecule has 1 unspecified atom stereocenters. The minimum atomic E-state index is -0.776. The monoisotopic (exact) mass is 242 g/mol. The van der Waals surface area contributed by atoms with Gasteiger partial charge >= 0.3 is 5.97 Å². The minimum Gasteiger partial charge on any atom is -0.481 e. The summed E-state index contributed by atoms with van der Waals surface area (Å²) in [5.74, 6) is -1.23. The molecule has 17 heavy (non-hydrogen) atoms. The standard InChI is InChI=1S/C12H22N2O3/c1-8(14(2)3)7-13-11(15)9-4-5-10(6-9)12(16)17/h8-10H,4-7H2,1-3H3,(H,13,15)(H,16,17)/t8?,9-,10+/m1/s1. The third-order valence-corrected chi connectivity index (χ3v) is 3.61. The molecule has 1 aliphatic carbocycles. The lowest BCUT2D eigenvalue weighted by atomic mass is 10.0. The van der Waals surface area contributed by atoms with Crippen LogP contribution in [0.15, 0.2) is 0 Å². The van der Waals surface area contributed by atoms with Crippen LogP contribution in [-0.2, 0) is 9.59 Å². The lowest BCUT2D eigenvalue weighted by Gasteiger charge is -2.21. The van der Waals surface area contributed by atoms with Crippen LogP contribution in [0, 0.1) is 11.8 Å². The maximum absolute atomic E-state index is 11.8. The molecule has 1 fully saturated rings. The molecule has 2 N–H and O–H groups in total. The number of carbonyl (C=O) groups excluding carboxylic acids is 1. The van der Waals surface area contributed by atoms with Crippen LogP contribution >= 0.6 is 0 Å². The van der Waals surface area contributed by atoms with Crippen molar-refractivity contribution in [2.24, 2.45) is 11.8 Å². The number of rotatable bonds is 5. The van der Waals surface area contributed by atoms with Gasteiger partial charge in [-0.15, -0.1) is 0 Å². The van der Waals surface area contributed by atoms with Gasteiger partial charge < -0.3 is 15.3 Å². The van der Waals surface area contributed by atoms with Crippen molar-refractivity contribution in [1.29, 1.82) is 0 Å². The van der Waals surface area contributed by atoms with Gasteiger partial charge in [-0.05, 0) is 40.3 Å². The van der Waals surface area contributed by atoms with Gasteiger partial charge in [0, 0.05) is 18.5 Å². The number of likely N-dealkylation sites (N-methyl/N-ethyl adjacent to an activating group) is 1. The zero-order chi connectivity index (χ0) is 13.0. The summed E-state index contributed by atoms with van der Waals surface area (Å²) < 4.78 is 0. The highest BCUT2D eigenvalue weighted by Crippen LogP contribution is 2.30. The van der Waals surface area contributed by atoms with Crippen molar-refractivity contribution in [2.45, 2.75) is 32.2 Å². The molecule has 98 valence electrons. The van der Waals surface area contributed by atoms with Crippen molar-refractivity contribution in [3.05, 3.63) is 0 Å². The Labute approximate surface area is 102 Å². The van der Waals surface area contributed by atoms with Crippen LogP contribution in [0.2, 0.25) is 0 Å². The zero-order valence-corrected chi connectivity index (χ0v) is 10.8. The number of nitrogens with zero attached hydrogens (tertiary/aromatic N) is 1. The van der Waals surface area contributed by atoms with Gasteiger partial charge in [0.15, 0.2) is 0 Å². The molecule has 0 heterocycles. The van der Waals surface area contributed by atoms with E-state index in [1.807, 2.05) is 25.9 Å². The summed E-state index contributed by atoms with van der Waals surface area (Å²) in [5.41, 5.74) is 0. The first-order chi connectivity index (χ1) is 7.91. The molecule has 0 aliphatic heterocycles. The van der Waals surface area contributed by atoms with Crippen molar-refractivity contribution in [1.82, 2.24) is 10.2 Å². The van der Waals surface area contributed by atoms with E-state index in [2.05, 4.69) is 5.32 Å². The zero-order valence-electron chi connectivity index (χ0n) is 10.8. The van der Waals surface area contributed by atoms with E-state index >= 15 is 0 Å². The highest BCUT2D eigenvalue weighted by Gasteiger charge is 2.33. The molecule has 0 saturated heterocycles. The molecule has 5 nitrogen and oxygen atoms in total. The van der Waals surface area contributed by atoms with Gasteiger partial charge in [0.05, 0.1) is 5.92 Å². The Morgan fingerprint density at radius 3 is 2.41 bits per heavy atom. The van der Waals surface area contributed by atoms with Crippen molar-refractivity contribution in [3.8, 4) is 0 Å². The molecule has 5 heteroatoms. The molecular formula is C12H22N2O3. The summed E-state index contributed by atoms with van der Waals surface area (Å²) in [6.07, 6.45) is 1.80. The van der Waals surface area contributed by atoms with E-state index in [0.29, 0.717) is 25.8 Å². The lowest BCUT2D eigenvalue weighted by Crippen LogP contribution is -2.40. The highest BCUT2D eigenvalue weighted by molar-refractivity contribution is 5.80. The van der Waals surface area contributed by atoms with Crippen LogP contribution in [0.3, 0.4) is 0 Å². The molecule has 0 aromatic heterocycles. The average molecular weight is 242 g/mol. The van der Waals surface area contributed by atoms with Crippen LogP contribution in [-0.4, -0.2) is 48.6 Å². The largest absolute Gasteiger partial charge is 0.481 e. The Morgan fingerprint density at radius 2 is 1.94 bits per heavy atom. The molecule has 1 aliphatic rings. The fourth-order valence-corrected chi connectivity index (χ4v) is 2.02. The smallest absolute Gasteiger partial charge is 0.306 e. The first kappa shape index (κ1) is 14.0. The van der Waals surface area contributed by atoms with E-state index in [-0.39, 0.29) is 23.8 Å². The molecule has 1 amide bonds. The van der Waals surface area contributed by atoms with E-state index in [1.54, 1.807) is 0 Å². The van der Waals surface area contributed by atoms with Gasteiger partial charge in [0.2, 0.25) is 5.91 Å². The van der Waals surface area contributed by atoms with Crippen molar-refractivity contribution in [2.75, 3.05) is 20.6 Å². The van der Waals surface area contributed by atoms with Gasteiger partial charge in [0.25, 0.3) is 0 Å². The van der Waals surface area contributed by atoms with Crippen LogP contribution in [0.1, 0.15) is 26.2 Å².